The second-order valence-corrected chi connectivity index (χ2v) is 7.87. The molecule has 0 spiro atoms. The molecule has 5 rings (SSSR count). The van der Waals surface area contributed by atoms with E-state index in [4.69, 9.17) is 21.3 Å². The van der Waals surface area contributed by atoms with Crippen LogP contribution in [-0.2, 0) is 13.1 Å². The number of fused-ring (bicyclic) bond motifs is 3. The first-order valence-corrected chi connectivity index (χ1v) is 10.4. The molecule has 0 bridgehead atoms. The summed E-state index contributed by atoms with van der Waals surface area (Å²) in [5.74, 6) is 1.38. The molecule has 7 heteroatoms. The van der Waals surface area contributed by atoms with E-state index in [1.807, 2.05) is 54.6 Å². The number of rotatable bonds is 4. The molecule has 156 valence electrons. The lowest BCUT2D eigenvalue weighted by atomic mass is 10.1. The Labute approximate surface area is 185 Å². The number of carbonyl (C=O) groups is 1. The summed E-state index contributed by atoms with van der Waals surface area (Å²) in [5, 5.41) is 3.63. The van der Waals surface area contributed by atoms with Crippen LogP contribution in [0.3, 0.4) is 0 Å². The van der Waals surface area contributed by atoms with Crippen molar-refractivity contribution in [3.05, 3.63) is 83.1 Å². The van der Waals surface area contributed by atoms with Gasteiger partial charge in [-0.15, -0.1) is 0 Å². The number of benzene rings is 3. The molecular formula is C24H21ClN4O2. The van der Waals surface area contributed by atoms with Gasteiger partial charge in [-0.25, -0.2) is 4.98 Å². The fraction of sp³-hybridized carbons (Fsp3) is 0.167. The molecule has 3 aromatic carbocycles. The Morgan fingerprint density at radius 1 is 1.06 bits per heavy atom. The van der Waals surface area contributed by atoms with Gasteiger partial charge in [-0.2, -0.15) is 0 Å². The maximum absolute atomic E-state index is 12.6. The minimum Gasteiger partial charge on any atom is -0.496 e. The van der Waals surface area contributed by atoms with Crippen molar-refractivity contribution in [3.8, 4) is 5.75 Å². The SMILES string of the molecule is COc1ccccc1C(=O)Nc1ccc(N2CCn3c(nc4cc(Cl)ccc43)C2)cc1. The second-order valence-electron chi connectivity index (χ2n) is 7.44. The molecule has 4 aromatic rings. The third-order valence-electron chi connectivity index (χ3n) is 5.56. The van der Waals surface area contributed by atoms with Crippen LogP contribution in [0, 0.1) is 0 Å². The molecule has 31 heavy (non-hydrogen) atoms. The van der Waals surface area contributed by atoms with Gasteiger partial charge in [0, 0.05) is 29.5 Å². The Bertz CT molecular complexity index is 1270. The van der Waals surface area contributed by atoms with E-state index in [9.17, 15) is 4.79 Å². The Morgan fingerprint density at radius 2 is 1.87 bits per heavy atom. The zero-order valence-corrected chi connectivity index (χ0v) is 17.8. The summed E-state index contributed by atoms with van der Waals surface area (Å²) >= 11 is 6.12. The van der Waals surface area contributed by atoms with Crippen molar-refractivity contribution in [2.45, 2.75) is 13.1 Å². The summed E-state index contributed by atoms with van der Waals surface area (Å²) in [6.07, 6.45) is 0. The van der Waals surface area contributed by atoms with Gasteiger partial charge in [0.25, 0.3) is 5.91 Å². The highest BCUT2D eigenvalue weighted by molar-refractivity contribution is 6.31. The van der Waals surface area contributed by atoms with Crippen molar-refractivity contribution in [3.63, 3.8) is 0 Å². The van der Waals surface area contributed by atoms with Gasteiger partial charge >= 0.3 is 0 Å². The number of ether oxygens (including phenoxy) is 1. The van der Waals surface area contributed by atoms with Crippen molar-refractivity contribution in [1.29, 1.82) is 0 Å². The predicted octanol–water partition coefficient (Wildman–Crippen LogP) is 4.97. The van der Waals surface area contributed by atoms with Gasteiger partial charge in [0.15, 0.2) is 0 Å². The quantitative estimate of drug-likeness (QED) is 0.494. The molecule has 2 heterocycles. The fourth-order valence-electron chi connectivity index (χ4n) is 4.00. The van der Waals surface area contributed by atoms with Crippen LogP contribution in [0.4, 0.5) is 11.4 Å². The van der Waals surface area contributed by atoms with Gasteiger partial charge in [-0.1, -0.05) is 23.7 Å². The van der Waals surface area contributed by atoms with Crippen LogP contribution < -0.4 is 15.0 Å². The van der Waals surface area contributed by atoms with E-state index < -0.39 is 0 Å². The Hall–Kier alpha value is -3.51. The zero-order valence-electron chi connectivity index (χ0n) is 17.0. The highest BCUT2D eigenvalue weighted by Gasteiger charge is 2.20. The second kappa shape index (κ2) is 7.96. The number of hydrogen-bond donors (Lipinski definition) is 1. The molecule has 0 fully saturated rings. The average Bonchev–Trinajstić information content (AvgIpc) is 3.16. The van der Waals surface area contributed by atoms with E-state index in [2.05, 4.69) is 14.8 Å². The number of imidazole rings is 1. The van der Waals surface area contributed by atoms with Crippen LogP contribution in [0.5, 0.6) is 5.75 Å². The molecule has 1 aromatic heterocycles. The number of carbonyl (C=O) groups excluding carboxylic acids is 1. The summed E-state index contributed by atoms with van der Waals surface area (Å²) < 4.78 is 7.53. The number of nitrogens with one attached hydrogen (secondary N) is 1. The number of aromatic nitrogens is 2. The Kier molecular flexibility index (Phi) is 5.00. The molecule has 1 aliphatic rings. The third-order valence-corrected chi connectivity index (χ3v) is 5.79. The molecule has 1 aliphatic heterocycles. The molecule has 1 N–H and O–H groups in total. The maximum atomic E-state index is 12.6. The minimum absolute atomic E-state index is 0.199. The van der Waals surface area contributed by atoms with E-state index in [0.29, 0.717) is 16.3 Å². The topological polar surface area (TPSA) is 59.4 Å². The van der Waals surface area contributed by atoms with Crippen LogP contribution in [0.1, 0.15) is 16.2 Å². The molecular weight excluding hydrogens is 412 g/mol. The lowest BCUT2D eigenvalue weighted by Crippen LogP contribution is -2.33. The van der Waals surface area contributed by atoms with Gasteiger partial charge in [-0.3, -0.25) is 4.79 Å². The van der Waals surface area contributed by atoms with Crippen LogP contribution in [0.15, 0.2) is 66.7 Å². The molecule has 0 saturated carbocycles. The number of para-hydroxylation sites is 1. The van der Waals surface area contributed by atoms with Crippen LogP contribution in [0.25, 0.3) is 11.0 Å². The van der Waals surface area contributed by atoms with Gasteiger partial charge < -0.3 is 19.5 Å². The summed E-state index contributed by atoms with van der Waals surface area (Å²) in [7, 11) is 1.56. The number of halogens is 1. The standard InChI is InChI=1S/C24H21ClN4O2/c1-31-22-5-3-2-4-19(22)24(30)26-17-7-9-18(10-8-17)28-12-13-29-21-11-6-16(25)14-20(21)27-23(29)15-28/h2-11,14H,12-13,15H2,1H3,(H,26,30). The molecule has 0 radical (unpaired) electrons. The summed E-state index contributed by atoms with van der Waals surface area (Å²) in [6.45, 7) is 2.47. The highest BCUT2D eigenvalue weighted by Crippen LogP contribution is 2.27. The van der Waals surface area contributed by atoms with Crippen LogP contribution in [-0.4, -0.2) is 29.1 Å². The first kappa shape index (κ1) is 19.5. The molecule has 0 aliphatic carbocycles. The Morgan fingerprint density at radius 3 is 2.68 bits per heavy atom. The van der Waals surface area contributed by atoms with E-state index >= 15 is 0 Å². The van der Waals surface area contributed by atoms with E-state index in [-0.39, 0.29) is 5.91 Å². The number of hydrogen-bond acceptors (Lipinski definition) is 4. The van der Waals surface area contributed by atoms with Crippen molar-refractivity contribution in [2.75, 3.05) is 23.9 Å². The number of anilines is 2. The van der Waals surface area contributed by atoms with Gasteiger partial charge in [0.05, 0.1) is 30.3 Å². The summed E-state index contributed by atoms with van der Waals surface area (Å²) in [6, 6.07) is 20.9. The van der Waals surface area contributed by atoms with Crippen molar-refractivity contribution in [1.82, 2.24) is 9.55 Å². The zero-order chi connectivity index (χ0) is 21.4. The lowest BCUT2D eigenvalue weighted by molar-refractivity contribution is 0.102. The smallest absolute Gasteiger partial charge is 0.259 e. The number of amides is 1. The van der Waals surface area contributed by atoms with E-state index in [0.717, 1.165) is 47.9 Å². The van der Waals surface area contributed by atoms with Crippen LogP contribution >= 0.6 is 11.6 Å². The Balaban J connectivity index is 1.31. The van der Waals surface area contributed by atoms with Gasteiger partial charge in [-0.05, 0) is 54.6 Å². The molecule has 0 unspecified atom stereocenters. The van der Waals surface area contributed by atoms with Crippen molar-refractivity contribution >= 4 is 39.9 Å². The normalized spacial score (nSPS) is 13.2. The monoisotopic (exact) mass is 432 g/mol. The number of nitrogens with zero attached hydrogens (tertiary/aromatic N) is 3. The van der Waals surface area contributed by atoms with Crippen molar-refractivity contribution in [2.24, 2.45) is 0 Å². The first-order chi connectivity index (χ1) is 15.1. The van der Waals surface area contributed by atoms with Gasteiger partial charge in [0.2, 0.25) is 0 Å². The maximum Gasteiger partial charge on any atom is 0.259 e. The van der Waals surface area contributed by atoms with E-state index in [1.54, 1.807) is 19.2 Å². The molecule has 1 amide bonds. The molecule has 6 nitrogen and oxygen atoms in total. The summed E-state index contributed by atoms with van der Waals surface area (Å²) in [5.41, 5.74) is 4.38. The first-order valence-electron chi connectivity index (χ1n) is 10.1. The third kappa shape index (κ3) is 3.70. The lowest BCUT2D eigenvalue weighted by Gasteiger charge is -2.30. The minimum atomic E-state index is -0.199. The molecule has 0 saturated heterocycles. The molecule has 0 atom stereocenters. The van der Waals surface area contributed by atoms with E-state index in [1.165, 1.54) is 0 Å². The highest BCUT2D eigenvalue weighted by atomic mass is 35.5. The predicted molar refractivity (Wildman–Crippen MR) is 123 cm³/mol. The van der Waals surface area contributed by atoms with Crippen molar-refractivity contribution < 1.29 is 9.53 Å². The average molecular weight is 433 g/mol. The van der Waals surface area contributed by atoms with Gasteiger partial charge in [0.1, 0.15) is 11.6 Å². The summed E-state index contributed by atoms with van der Waals surface area (Å²) in [4.78, 5) is 19.7. The fourth-order valence-corrected chi connectivity index (χ4v) is 4.17. The number of methoxy groups -OCH3 is 1. The largest absolute Gasteiger partial charge is 0.496 e. The van der Waals surface area contributed by atoms with Crippen LogP contribution in [0.2, 0.25) is 5.02 Å².